The maximum Gasteiger partial charge on any atom is 0.534 e. The van der Waals surface area contributed by atoms with Gasteiger partial charge in [0, 0.05) is 40.8 Å². The lowest BCUT2D eigenvalue weighted by Gasteiger charge is -2.18. The first-order chi connectivity index (χ1) is 30.3. The van der Waals surface area contributed by atoms with E-state index in [1.54, 1.807) is 42.6 Å². The molecule has 0 aliphatic rings. The number of alkyl halides is 3. The number of hydrogen-bond acceptors (Lipinski definition) is 6. The Bertz CT molecular complexity index is 2910. The summed E-state index contributed by atoms with van der Waals surface area (Å²) in [6.45, 7) is 5.96. The third kappa shape index (κ3) is 10.2. The minimum atomic E-state index is -6.02. The summed E-state index contributed by atoms with van der Waals surface area (Å²) in [6, 6.07) is 46.9. The van der Waals surface area contributed by atoms with E-state index in [9.17, 15) is 21.6 Å². The van der Waals surface area contributed by atoms with Crippen LogP contribution in [-0.2, 0) is 35.8 Å². The van der Waals surface area contributed by atoms with Gasteiger partial charge in [0.05, 0.1) is 17.1 Å². The Hall–Kier alpha value is -6.91. The molecule has 316 valence electrons. The van der Waals surface area contributed by atoms with Gasteiger partial charge in [0.1, 0.15) is 0 Å². The summed E-state index contributed by atoms with van der Waals surface area (Å²) in [5.41, 5.74) is 9.07. The van der Waals surface area contributed by atoms with Crippen LogP contribution in [0.2, 0.25) is 0 Å². The predicted molar refractivity (Wildman–Crippen MR) is 245 cm³/mol. The van der Waals surface area contributed by atoms with Crippen molar-refractivity contribution in [2.75, 3.05) is 0 Å². The molecule has 8 aromatic rings. The van der Waals surface area contributed by atoms with Crippen LogP contribution < -0.4 is 4.18 Å². The fourth-order valence-electron chi connectivity index (χ4n) is 7.66. The van der Waals surface area contributed by atoms with E-state index in [1.807, 2.05) is 57.4 Å². The average Bonchev–Trinajstić information content (AvgIpc) is 3.27. The van der Waals surface area contributed by atoms with Crippen LogP contribution in [0.5, 0.6) is 5.75 Å². The molecule has 0 bridgehead atoms. The molecule has 0 amide bonds. The highest BCUT2D eigenvalue weighted by Crippen LogP contribution is 2.42. The van der Waals surface area contributed by atoms with Crippen molar-refractivity contribution in [2.24, 2.45) is 0 Å². The Labute approximate surface area is 366 Å². The molecule has 0 saturated heterocycles. The van der Waals surface area contributed by atoms with Gasteiger partial charge in [-0.2, -0.15) is 21.6 Å². The molecule has 0 spiro atoms. The van der Waals surface area contributed by atoms with Crippen LogP contribution >= 0.6 is 0 Å². The fourth-order valence-corrected chi connectivity index (χ4v) is 8.13. The Balaban J connectivity index is 1.15. The minimum absolute atomic E-state index is 0.188. The number of hydrogen-bond donors (Lipinski definition) is 0. The van der Waals surface area contributed by atoms with Gasteiger partial charge in [-0.15, -0.1) is 0 Å². The van der Waals surface area contributed by atoms with Gasteiger partial charge in [0.2, 0.25) is 0 Å². The third-order valence-electron chi connectivity index (χ3n) is 11.0. The number of nitrogens with zero attached hydrogens (tertiary/aromatic N) is 3. The van der Waals surface area contributed by atoms with Gasteiger partial charge in [-0.3, -0.25) is 15.0 Å². The zero-order chi connectivity index (χ0) is 44.1. The van der Waals surface area contributed by atoms with E-state index in [0.29, 0.717) is 22.4 Å². The molecular weight excluding hydrogens is 816 g/mol. The van der Waals surface area contributed by atoms with Crippen molar-refractivity contribution in [3.8, 4) is 61.8 Å². The molecule has 0 saturated carbocycles. The number of halogens is 3. The number of aryl methyl sites for hydroxylation is 7. The van der Waals surface area contributed by atoms with Crippen molar-refractivity contribution in [2.45, 2.75) is 52.0 Å². The van der Waals surface area contributed by atoms with E-state index in [2.05, 4.69) is 93.8 Å². The van der Waals surface area contributed by atoms with Gasteiger partial charge >= 0.3 is 15.6 Å². The SMILES string of the molecule is Cc1ccnc(-c2ccc(CCc3cc(CCc4ccc(-c5cc(C)ccn5)cc4)cc(-c4ccccc4-c4ccc(-c5cc(C)ccn5)cc4OS(=O)(=O)C(F)(F)F)c3)cc2)c1. The van der Waals surface area contributed by atoms with E-state index in [4.69, 9.17) is 4.18 Å². The Morgan fingerprint density at radius 1 is 0.444 bits per heavy atom. The van der Waals surface area contributed by atoms with Gasteiger partial charge in [0.15, 0.2) is 5.75 Å². The molecule has 3 heterocycles. The molecular formula is C53H44F3N3O3S. The second-order valence-corrected chi connectivity index (χ2v) is 17.4. The fraction of sp³-hybridized carbons (Fsp3) is 0.151. The monoisotopic (exact) mass is 859 g/mol. The van der Waals surface area contributed by atoms with E-state index in [1.165, 1.54) is 6.07 Å². The van der Waals surface area contributed by atoms with E-state index >= 15 is 0 Å². The Morgan fingerprint density at radius 3 is 1.33 bits per heavy atom. The number of pyridine rings is 3. The quantitative estimate of drug-likeness (QED) is 0.0848. The molecule has 0 aliphatic heterocycles. The molecule has 10 heteroatoms. The molecule has 8 rings (SSSR count). The Kier molecular flexibility index (Phi) is 12.4. The minimum Gasteiger partial charge on any atom is -0.375 e. The molecule has 0 aliphatic carbocycles. The summed E-state index contributed by atoms with van der Waals surface area (Å²) in [5.74, 6) is -0.453. The van der Waals surface area contributed by atoms with E-state index in [0.717, 1.165) is 92.7 Å². The summed E-state index contributed by atoms with van der Waals surface area (Å²) in [6.07, 6.45) is 8.19. The van der Waals surface area contributed by atoms with Crippen LogP contribution in [-0.4, -0.2) is 28.9 Å². The summed E-state index contributed by atoms with van der Waals surface area (Å²) in [4.78, 5) is 13.4. The maximum absolute atomic E-state index is 13.8. The normalized spacial score (nSPS) is 11.7. The van der Waals surface area contributed by atoms with Gasteiger partial charge in [-0.05, 0) is 151 Å². The predicted octanol–water partition coefficient (Wildman–Crippen LogP) is 12.9. The largest absolute Gasteiger partial charge is 0.534 e. The molecule has 6 nitrogen and oxygen atoms in total. The van der Waals surface area contributed by atoms with Crippen LogP contribution in [0.1, 0.15) is 38.9 Å². The van der Waals surface area contributed by atoms with E-state index < -0.39 is 21.4 Å². The summed E-state index contributed by atoms with van der Waals surface area (Å²) < 4.78 is 71.6. The lowest BCUT2D eigenvalue weighted by atomic mass is 9.89. The van der Waals surface area contributed by atoms with Crippen LogP contribution in [0, 0.1) is 20.8 Å². The van der Waals surface area contributed by atoms with Crippen molar-refractivity contribution < 1.29 is 25.8 Å². The lowest BCUT2D eigenvalue weighted by molar-refractivity contribution is -0.0499. The highest BCUT2D eigenvalue weighted by atomic mass is 32.2. The summed E-state index contributed by atoms with van der Waals surface area (Å²) >= 11 is 0. The molecule has 0 N–H and O–H groups in total. The van der Waals surface area contributed by atoms with Crippen LogP contribution in [0.15, 0.2) is 164 Å². The van der Waals surface area contributed by atoms with Crippen LogP contribution in [0.4, 0.5) is 13.2 Å². The highest BCUT2D eigenvalue weighted by Gasteiger charge is 2.49. The van der Waals surface area contributed by atoms with Crippen LogP contribution in [0.25, 0.3) is 56.0 Å². The maximum atomic E-state index is 13.8. The lowest BCUT2D eigenvalue weighted by Crippen LogP contribution is -2.28. The number of benzene rings is 5. The van der Waals surface area contributed by atoms with Crippen molar-refractivity contribution in [1.29, 1.82) is 0 Å². The smallest absolute Gasteiger partial charge is 0.375 e. The van der Waals surface area contributed by atoms with Gasteiger partial charge in [-0.1, -0.05) is 97.1 Å². The molecule has 63 heavy (non-hydrogen) atoms. The van der Waals surface area contributed by atoms with Crippen molar-refractivity contribution >= 4 is 10.1 Å². The topological polar surface area (TPSA) is 82.0 Å². The summed E-state index contributed by atoms with van der Waals surface area (Å²) in [5, 5.41) is 0. The number of rotatable bonds is 13. The number of aromatic nitrogens is 3. The molecule has 3 aromatic heterocycles. The standard InChI is InChI=1S/C53H44F3N3O3S/c1-35-22-25-57-49(28-35)42-16-12-38(13-17-42)8-10-40-31-41(11-9-39-14-18-43(19-15-39)50-29-36(2)23-26-58-50)33-45(32-40)46-6-4-5-7-47(46)48-21-20-44(51-30-37(3)24-27-59-51)34-52(48)62-63(60,61)53(54,55)56/h4-7,12-34H,8-11H2,1-3H3. The summed E-state index contributed by atoms with van der Waals surface area (Å²) in [7, 11) is -6.02. The van der Waals surface area contributed by atoms with Gasteiger partial charge in [0.25, 0.3) is 0 Å². The van der Waals surface area contributed by atoms with Gasteiger partial charge < -0.3 is 4.18 Å². The van der Waals surface area contributed by atoms with Crippen molar-refractivity contribution in [1.82, 2.24) is 15.0 Å². The molecule has 0 atom stereocenters. The molecule has 0 fully saturated rings. The Morgan fingerprint density at radius 2 is 0.873 bits per heavy atom. The second-order valence-electron chi connectivity index (χ2n) is 15.8. The highest BCUT2D eigenvalue weighted by molar-refractivity contribution is 7.88. The first-order valence-electron chi connectivity index (χ1n) is 20.6. The first-order valence-corrected chi connectivity index (χ1v) is 22.0. The van der Waals surface area contributed by atoms with Crippen molar-refractivity contribution in [3.05, 3.63) is 203 Å². The van der Waals surface area contributed by atoms with Crippen LogP contribution in [0.3, 0.4) is 0 Å². The zero-order valence-electron chi connectivity index (χ0n) is 35.0. The third-order valence-corrected chi connectivity index (χ3v) is 12.0. The molecule has 0 unspecified atom stereocenters. The second kappa shape index (κ2) is 18.2. The molecule has 5 aromatic carbocycles. The van der Waals surface area contributed by atoms with E-state index in [-0.39, 0.29) is 5.56 Å². The van der Waals surface area contributed by atoms with Gasteiger partial charge in [-0.25, -0.2) is 0 Å². The zero-order valence-corrected chi connectivity index (χ0v) is 35.8. The molecule has 0 radical (unpaired) electrons. The average molecular weight is 860 g/mol. The first kappa shape index (κ1) is 42.8. The van der Waals surface area contributed by atoms with Crippen molar-refractivity contribution in [3.63, 3.8) is 0 Å².